The summed E-state index contributed by atoms with van der Waals surface area (Å²) in [6, 6.07) is 20.3. The van der Waals surface area contributed by atoms with Crippen LogP contribution in [-0.2, 0) is 19.5 Å². The number of benzene rings is 3. The molecule has 0 unspecified atom stereocenters. The SMILES string of the molecule is Cc1ccc(S(=O)(=O)OS(CCO)(CCO)Cc2ccc3ccccc3c2)cc1. The molecule has 5 nitrogen and oxygen atoms in total. The fourth-order valence-corrected chi connectivity index (χ4v) is 8.22. The smallest absolute Gasteiger partial charge is 0.306 e. The zero-order valence-electron chi connectivity index (χ0n) is 16.3. The van der Waals surface area contributed by atoms with Gasteiger partial charge in [-0.2, -0.15) is 8.42 Å². The Kier molecular flexibility index (Phi) is 6.97. The number of aliphatic hydroxyl groups is 2. The summed E-state index contributed by atoms with van der Waals surface area (Å²) in [5.74, 6) is 0.682. The number of fused-ring (bicyclic) bond motifs is 1. The van der Waals surface area contributed by atoms with Crippen LogP contribution in [0.3, 0.4) is 0 Å². The summed E-state index contributed by atoms with van der Waals surface area (Å²) in [7, 11) is -6.35. The third-order valence-corrected chi connectivity index (χ3v) is 10.1. The minimum Gasteiger partial charge on any atom is -0.395 e. The molecular weight excluding hydrogens is 408 g/mol. The van der Waals surface area contributed by atoms with E-state index in [-0.39, 0.29) is 29.6 Å². The van der Waals surface area contributed by atoms with Crippen molar-refractivity contribution in [1.82, 2.24) is 0 Å². The summed E-state index contributed by atoms with van der Waals surface area (Å²) < 4.78 is 31.7. The zero-order valence-corrected chi connectivity index (χ0v) is 18.0. The molecule has 0 saturated carbocycles. The number of aliphatic hydroxyl groups excluding tert-OH is 2. The summed E-state index contributed by atoms with van der Waals surface area (Å²) in [6.07, 6.45) is 0. The van der Waals surface area contributed by atoms with Gasteiger partial charge >= 0.3 is 10.1 Å². The van der Waals surface area contributed by atoms with E-state index in [1.54, 1.807) is 12.1 Å². The Hall–Kier alpha value is -1.90. The van der Waals surface area contributed by atoms with E-state index < -0.39 is 20.4 Å². The molecule has 29 heavy (non-hydrogen) atoms. The van der Waals surface area contributed by atoms with Crippen LogP contribution < -0.4 is 0 Å². The first-order valence-corrected chi connectivity index (χ1v) is 12.8. The number of aryl methyl sites for hydroxylation is 1. The van der Waals surface area contributed by atoms with Crippen LogP contribution in [0.4, 0.5) is 0 Å². The molecule has 0 amide bonds. The molecule has 0 aliphatic carbocycles. The van der Waals surface area contributed by atoms with Crippen molar-refractivity contribution in [3.8, 4) is 0 Å². The lowest BCUT2D eigenvalue weighted by Gasteiger charge is -2.37. The van der Waals surface area contributed by atoms with Crippen molar-refractivity contribution in [2.75, 3.05) is 24.7 Å². The van der Waals surface area contributed by atoms with E-state index in [9.17, 15) is 18.6 Å². The first kappa shape index (κ1) is 21.8. The van der Waals surface area contributed by atoms with Crippen LogP contribution in [-0.4, -0.2) is 43.4 Å². The lowest BCUT2D eigenvalue weighted by molar-refractivity contribution is 0.312. The molecule has 0 fully saturated rings. The maximum Gasteiger partial charge on any atom is 0.306 e. The highest BCUT2D eigenvalue weighted by molar-refractivity contribution is 8.32. The van der Waals surface area contributed by atoms with Gasteiger partial charge in [0.2, 0.25) is 0 Å². The molecule has 0 aromatic heterocycles. The molecule has 0 radical (unpaired) electrons. The minimum atomic E-state index is -4.03. The molecule has 0 atom stereocenters. The van der Waals surface area contributed by atoms with Crippen LogP contribution in [0.25, 0.3) is 10.8 Å². The van der Waals surface area contributed by atoms with Crippen LogP contribution in [0.1, 0.15) is 11.1 Å². The summed E-state index contributed by atoms with van der Waals surface area (Å²) in [5.41, 5.74) is 1.86. The molecule has 0 spiro atoms. The molecule has 156 valence electrons. The maximum atomic E-state index is 12.9. The Bertz CT molecular complexity index is 1060. The average Bonchev–Trinajstić information content (AvgIpc) is 2.68. The molecular formula is C22H26O5S2. The number of rotatable bonds is 9. The summed E-state index contributed by atoms with van der Waals surface area (Å²) in [5, 5.41) is 21.4. The highest BCUT2D eigenvalue weighted by Gasteiger charge is 2.32. The molecule has 3 aromatic carbocycles. The molecule has 3 rings (SSSR count). The van der Waals surface area contributed by atoms with Gasteiger partial charge in [-0.1, -0.05) is 60.2 Å². The van der Waals surface area contributed by atoms with E-state index >= 15 is 0 Å². The second kappa shape index (κ2) is 9.28. The molecule has 0 bridgehead atoms. The van der Waals surface area contributed by atoms with E-state index in [4.69, 9.17) is 3.63 Å². The Labute approximate surface area is 173 Å². The summed E-state index contributed by atoms with van der Waals surface area (Å²) in [6.45, 7) is 1.45. The van der Waals surface area contributed by atoms with Crippen LogP contribution in [0.2, 0.25) is 0 Å². The van der Waals surface area contributed by atoms with Gasteiger partial charge in [-0.3, -0.25) is 0 Å². The van der Waals surface area contributed by atoms with Crippen molar-refractivity contribution >= 4 is 31.2 Å². The molecule has 0 saturated heterocycles. The van der Waals surface area contributed by atoms with Gasteiger partial charge < -0.3 is 10.2 Å². The molecule has 7 heteroatoms. The lowest BCUT2D eigenvalue weighted by atomic mass is 10.1. The molecule has 0 aliphatic heterocycles. The second-order valence-corrected chi connectivity index (χ2v) is 11.9. The normalized spacial score (nSPS) is 12.9. The van der Waals surface area contributed by atoms with Gasteiger partial charge in [0.15, 0.2) is 0 Å². The minimum absolute atomic E-state index is 0.0781. The van der Waals surface area contributed by atoms with Gasteiger partial charge in [0, 0.05) is 17.3 Å². The Balaban J connectivity index is 1.96. The standard InChI is InChI=1S/C22H26O5S2/c1-18-6-10-22(11-7-18)29(25,26)27-28(14-12-23,15-13-24)17-19-8-9-20-4-2-3-5-21(20)16-19/h2-11,16,23-24H,12-15,17H2,1H3. The monoisotopic (exact) mass is 434 g/mol. The van der Waals surface area contributed by atoms with Crippen LogP contribution in [0.15, 0.2) is 71.6 Å². The highest BCUT2D eigenvalue weighted by atomic mass is 32.3. The Morgan fingerprint density at radius 1 is 0.828 bits per heavy atom. The zero-order chi connectivity index (χ0) is 20.9. The van der Waals surface area contributed by atoms with Crippen LogP contribution >= 0.6 is 10.3 Å². The van der Waals surface area contributed by atoms with Gasteiger partial charge in [0.1, 0.15) is 0 Å². The molecule has 0 heterocycles. The number of hydrogen-bond acceptors (Lipinski definition) is 5. The second-order valence-electron chi connectivity index (χ2n) is 6.98. The van der Waals surface area contributed by atoms with Crippen LogP contribution in [0.5, 0.6) is 0 Å². The number of hydrogen-bond donors (Lipinski definition) is 2. The van der Waals surface area contributed by atoms with Crippen molar-refractivity contribution in [3.63, 3.8) is 0 Å². The van der Waals surface area contributed by atoms with E-state index in [0.717, 1.165) is 21.9 Å². The fourth-order valence-electron chi connectivity index (χ4n) is 3.24. The fraction of sp³-hybridized carbons (Fsp3) is 0.273. The third kappa shape index (κ3) is 5.38. The summed E-state index contributed by atoms with van der Waals surface area (Å²) in [4.78, 5) is 0.0781. The summed E-state index contributed by atoms with van der Waals surface area (Å²) >= 11 is 0. The molecule has 0 aliphatic rings. The van der Waals surface area contributed by atoms with Crippen molar-refractivity contribution in [3.05, 3.63) is 77.9 Å². The third-order valence-electron chi connectivity index (χ3n) is 4.71. The van der Waals surface area contributed by atoms with Gasteiger partial charge in [0.25, 0.3) is 0 Å². The molecule has 2 N–H and O–H groups in total. The van der Waals surface area contributed by atoms with Gasteiger partial charge in [-0.25, -0.2) is 3.63 Å². The van der Waals surface area contributed by atoms with Gasteiger partial charge in [-0.05, 0) is 35.4 Å². The predicted octanol–water partition coefficient (Wildman–Crippen LogP) is 3.76. The Morgan fingerprint density at radius 3 is 2.07 bits per heavy atom. The van der Waals surface area contributed by atoms with Gasteiger partial charge in [0.05, 0.1) is 18.1 Å². The highest BCUT2D eigenvalue weighted by Crippen LogP contribution is 2.54. The first-order chi connectivity index (χ1) is 13.9. The lowest BCUT2D eigenvalue weighted by Crippen LogP contribution is -2.23. The van der Waals surface area contributed by atoms with Crippen molar-refractivity contribution in [2.24, 2.45) is 0 Å². The predicted molar refractivity (Wildman–Crippen MR) is 119 cm³/mol. The van der Waals surface area contributed by atoms with E-state index in [0.29, 0.717) is 5.75 Å². The quantitative estimate of drug-likeness (QED) is 0.536. The Morgan fingerprint density at radius 2 is 1.45 bits per heavy atom. The van der Waals surface area contributed by atoms with Crippen molar-refractivity contribution < 1.29 is 22.3 Å². The first-order valence-electron chi connectivity index (χ1n) is 9.36. The molecule has 3 aromatic rings. The van der Waals surface area contributed by atoms with E-state index in [1.165, 1.54) is 12.1 Å². The van der Waals surface area contributed by atoms with Gasteiger partial charge in [-0.15, -0.1) is 10.3 Å². The van der Waals surface area contributed by atoms with Crippen LogP contribution in [0, 0.1) is 6.92 Å². The average molecular weight is 435 g/mol. The van der Waals surface area contributed by atoms with Crippen molar-refractivity contribution in [2.45, 2.75) is 17.6 Å². The maximum absolute atomic E-state index is 12.9. The largest absolute Gasteiger partial charge is 0.395 e. The topological polar surface area (TPSA) is 83.8 Å². The van der Waals surface area contributed by atoms with E-state index in [1.807, 2.05) is 49.4 Å². The van der Waals surface area contributed by atoms with Crippen molar-refractivity contribution in [1.29, 1.82) is 0 Å². The van der Waals surface area contributed by atoms with E-state index in [2.05, 4.69) is 0 Å².